The van der Waals surface area contributed by atoms with Crippen LogP contribution < -0.4 is 59.1 Å². The van der Waals surface area contributed by atoms with E-state index < -0.39 is 55.5 Å². The Hall–Kier alpha value is -0.540. The molecule has 28 heavy (non-hydrogen) atoms. The van der Waals surface area contributed by atoms with Gasteiger partial charge in [-0.25, -0.2) is 18.4 Å². The van der Waals surface area contributed by atoms with Crippen molar-refractivity contribution >= 4 is 34.1 Å². The summed E-state index contributed by atoms with van der Waals surface area (Å²) in [6.07, 6.45) is 0. The number of carboxylic acid groups (broad SMARTS) is 2. The molecule has 0 saturated carbocycles. The molecule has 0 saturated heterocycles. The van der Waals surface area contributed by atoms with Crippen LogP contribution in [0.3, 0.4) is 0 Å². The van der Waals surface area contributed by atoms with Crippen molar-refractivity contribution in [2.75, 3.05) is 0 Å². The molecule has 14 heteroatoms. The fourth-order valence-corrected chi connectivity index (χ4v) is 2.43. The Morgan fingerprint density at radius 2 is 1.04 bits per heavy atom. The first-order chi connectivity index (χ1) is 12.0. The number of aromatic carboxylic acids is 2. The minimum atomic E-state index is -2.76. The van der Waals surface area contributed by atoms with Gasteiger partial charge in [0.25, 0.3) is 0 Å². The minimum Gasteiger partial charge on any atom is -0.768 e. The van der Waals surface area contributed by atoms with E-state index in [1.54, 1.807) is 0 Å². The van der Waals surface area contributed by atoms with Gasteiger partial charge in [-0.05, 0) is 58.6 Å². The van der Waals surface area contributed by atoms with Crippen molar-refractivity contribution in [3.05, 3.63) is 59.2 Å². The van der Waals surface area contributed by atoms with Crippen LogP contribution in [0.5, 0.6) is 0 Å². The number of halogens is 2. The molecule has 0 spiro atoms. The van der Waals surface area contributed by atoms with E-state index in [0.29, 0.717) is 0 Å². The van der Waals surface area contributed by atoms with Gasteiger partial charge in [-0.3, -0.25) is 8.42 Å². The molecule has 2 aromatic rings. The third kappa shape index (κ3) is 8.86. The van der Waals surface area contributed by atoms with E-state index in [2.05, 4.69) is 0 Å². The van der Waals surface area contributed by atoms with Gasteiger partial charge < -0.3 is 19.3 Å². The van der Waals surface area contributed by atoms with E-state index in [4.69, 9.17) is 10.2 Å². The molecule has 0 radical (unpaired) electrons. The summed E-state index contributed by atoms with van der Waals surface area (Å²) in [5, 5.41) is 16.9. The monoisotopic (exact) mass is 452 g/mol. The number of carboxylic acids is 2. The minimum absolute atomic E-state index is 0. The molecule has 0 heterocycles. The second-order valence-electron chi connectivity index (χ2n) is 4.37. The van der Waals surface area contributed by atoms with Gasteiger partial charge in [0, 0.05) is 0 Å². The molecule has 0 aliphatic rings. The zero-order chi connectivity index (χ0) is 20.0. The van der Waals surface area contributed by atoms with Crippen molar-refractivity contribution in [3.8, 4) is 0 Å². The van der Waals surface area contributed by atoms with E-state index in [9.17, 15) is 35.9 Å². The number of benzene rings is 2. The van der Waals surface area contributed by atoms with Crippen molar-refractivity contribution in [1.29, 1.82) is 0 Å². The Labute approximate surface area is 206 Å². The van der Waals surface area contributed by atoms with Gasteiger partial charge in [0.05, 0.1) is 20.9 Å². The smallest absolute Gasteiger partial charge is 0.768 e. The summed E-state index contributed by atoms with van der Waals surface area (Å²) < 4.78 is 66.9. The molecular weight excluding hydrogens is 444 g/mol. The maximum atomic E-state index is 12.7. The van der Waals surface area contributed by atoms with E-state index >= 15 is 0 Å². The summed E-state index contributed by atoms with van der Waals surface area (Å²) >= 11 is -5.51. The predicted molar refractivity (Wildman–Crippen MR) is 81.1 cm³/mol. The molecule has 8 nitrogen and oxygen atoms in total. The largest absolute Gasteiger partial charge is 1.00 e. The van der Waals surface area contributed by atoms with Crippen molar-refractivity contribution in [1.82, 2.24) is 0 Å². The Kier molecular flexibility index (Phi) is 14.4. The number of hydrogen-bond acceptors (Lipinski definition) is 6. The fraction of sp³-hybridized carbons (Fsp3) is 0. The van der Waals surface area contributed by atoms with Crippen molar-refractivity contribution in [3.63, 3.8) is 0 Å². The van der Waals surface area contributed by atoms with Gasteiger partial charge in [0.1, 0.15) is 11.6 Å². The van der Waals surface area contributed by atoms with Crippen LogP contribution in [0.15, 0.2) is 46.2 Å². The Morgan fingerprint density at radius 3 is 1.25 bits per heavy atom. The molecular formula is C14H8F2Na2O8S2. The summed E-state index contributed by atoms with van der Waals surface area (Å²) in [5.41, 5.74) is -0.527. The van der Waals surface area contributed by atoms with Crippen molar-refractivity contribution in [2.24, 2.45) is 0 Å². The van der Waals surface area contributed by atoms with Gasteiger partial charge in [0.15, 0.2) is 0 Å². The molecule has 140 valence electrons. The SMILES string of the molecule is O=C(O)c1ccc(F)c(S(=O)[O-])c1.O=C(O)c1ccc(F)c(S(=O)[O-])c1.[Na+].[Na+]. The van der Waals surface area contributed by atoms with Crippen LogP contribution in [0.25, 0.3) is 0 Å². The van der Waals surface area contributed by atoms with Crippen LogP contribution >= 0.6 is 0 Å². The summed E-state index contributed by atoms with van der Waals surface area (Å²) in [6.45, 7) is 0. The summed E-state index contributed by atoms with van der Waals surface area (Å²) in [4.78, 5) is 19.4. The van der Waals surface area contributed by atoms with Crippen LogP contribution in [0.1, 0.15) is 20.7 Å². The van der Waals surface area contributed by atoms with Crippen molar-refractivity contribution < 1.29 is 105 Å². The standard InChI is InChI=1S/2C7H5FO4S.2Na/c2*8-5-2-1-4(7(9)10)3-6(5)13(11)12;;/h2*1-3H,(H,9,10)(H,11,12);;/q;;2*+1/p-2. The third-order valence-electron chi connectivity index (χ3n) is 2.72. The average Bonchev–Trinajstić information content (AvgIpc) is 2.55. The van der Waals surface area contributed by atoms with E-state index in [0.717, 1.165) is 36.4 Å². The molecule has 0 bridgehead atoms. The van der Waals surface area contributed by atoms with E-state index in [1.807, 2.05) is 0 Å². The van der Waals surface area contributed by atoms with Gasteiger partial charge in [-0.1, -0.05) is 0 Å². The molecule has 2 rings (SSSR count). The molecule has 2 unspecified atom stereocenters. The van der Waals surface area contributed by atoms with E-state index in [-0.39, 0.29) is 70.2 Å². The van der Waals surface area contributed by atoms with Gasteiger partial charge >= 0.3 is 71.1 Å². The maximum absolute atomic E-state index is 12.7. The first-order valence-corrected chi connectivity index (χ1v) is 8.43. The third-order valence-corrected chi connectivity index (χ3v) is 4.06. The Balaban J connectivity index is 0. The average molecular weight is 452 g/mol. The second-order valence-corrected chi connectivity index (χ2v) is 6.19. The van der Waals surface area contributed by atoms with Crippen LogP contribution in [0.2, 0.25) is 0 Å². The second kappa shape index (κ2) is 13.6. The quantitative estimate of drug-likeness (QED) is 0.348. The molecule has 0 aliphatic heterocycles. The first kappa shape index (κ1) is 29.7. The number of hydrogen-bond donors (Lipinski definition) is 2. The number of carbonyl (C=O) groups is 2. The summed E-state index contributed by atoms with van der Waals surface area (Å²) in [5.74, 6) is -4.52. The zero-order valence-corrected chi connectivity index (χ0v) is 20.0. The molecule has 2 aromatic carbocycles. The molecule has 0 amide bonds. The summed E-state index contributed by atoms with van der Waals surface area (Å²) in [7, 11) is 0. The first-order valence-electron chi connectivity index (χ1n) is 6.28. The molecule has 0 aliphatic carbocycles. The molecule has 0 aromatic heterocycles. The van der Waals surface area contributed by atoms with Gasteiger partial charge in [-0.15, -0.1) is 0 Å². The molecule has 2 atom stereocenters. The van der Waals surface area contributed by atoms with E-state index in [1.165, 1.54) is 0 Å². The zero-order valence-electron chi connectivity index (χ0n) is 14.4. The Morgan fingerprint density at radius 1 is 0.750 bits per heavy atom. The molecule has 2 N–H and O–H groups in total. The molecule has 0 fully saturated rings. The van der Waals surface area contributed by atoms with Crippen LogP contribution in [0.4, 0.5) is 8.78 Å². The summed E-state index contributed by atoms with van der Waals surface area (Å²) in [6, 6.07) is 5.12. The van der Waals surface area contributed by atoms with Gasteiger partial charge in [-0.2, -0.15) is 0 Å². The number of rotatable bonds is 4. The topological polar surface area (TPSA) is 155 Å². The van der Waals surface area contributed by atoms with Crippen LogP contribution in [-0.2, 0) is 22.2 Å². The van der Waals surface area contributed by atoms with Gasteiger partial charge in [0.2, 0.25) is 0 Å². The maximum Gasteiger partial charge on any atom is 1.00 e. The Bertz CT molecular complexity index is 837. The van der Waals surface area contributed by atoms with Crippen molar-refractivity contribution in [2.45, 2.75) is 9.79 Å². The fourth-order valence-electron chi connectivity index (χ4n) is 1.53. The van der Waals surface area contributed by atoms with Crippen LogP contribution in [0, 0.1) is 11.6 Å². The normalized spacial score (nSPS) is 11.6. The predicted octanol–water partition coefficient (Wildman–Crippen LogP) is -4.47. The van der Waals surface area contributed by atoms with Crippen LogP contribution in [-0.4, -0.2) is 39.7 Å².